The highest BCUT2D eigenvalue weighted by Crippen LogP contribution is 2.43. The molecule has 0 unspecified atom stereocenters. The number of pyridine rings is 1. The predicted molar refractivity (Wildman–Crippen MR) is 133 cm³/mol. The van der Waals surface area contributed by atoms with Gasteiger partial charge in [-0.3, -0.25) is 4.98 Å². The number of nitrogens with zero attached hydrogens (tertiary/aromatic N) is 3. The van der Waals surface area contributed by atoms with Gasteiger partial charge in [0.25, 0.3) is 0 Å². The van der Waals surface area contributed by atoms with E-state index in [0.717, 1.165) is 16.5 Å². The third kappa shape index (κ3) is 3.87. The molecule has 0 spiro atoms. The third-order valence-electron chi connectivity index (χ3n) is 6.29. The normalized spacial score (nSPS) is 18.8. The number of benzene rings is 1. The van der Waals surface area contributed by atoms with Crippen molar-refractivity contribution in [3.63, 3.8) is 0 Å². The first-order valence-electron chi connectivity index (χ1n) is 11.1. The quantitative estimate of drug-likeness (QED) is 0.474. The second-order valence-corrected chi connectivity index (χ2v) is 9.42. The first kappa shape index (κ1) is 21.6. The van der Waals surface area contributed by atoms with E-state index in [2.05, 4.69) is 97.7 Å². The van der Waals surface area contributed by atoms with E-state index in [4.69, 9.17) is 12.2 Å². The number of aromatic nitrogens is 2. The Kier molecular flexibility index (Phi) is 5.89. The molecule has 2 aromatic heterocycles. The lowest BCUT2D eigenvalue weighted by atomic mass is 9.96. The Morgan fingerprint density at radius 1 is 1.00 bits per heavy atom. The summed E-state index contributed by atoms with van der Waals surface area (Å²) in [4.78, 5) is 6.94. The van der Waals surface area contributed by atoms with Gasteiger partial charge in [0.2, 0.25) is 0 Å². The number of nitrogens with one attached hydrogen (secondary N) is 1. The molecule has 162 valence electrons. The van der Waals surface area contributed by atoms with E-state index in [0.29, 0.717) is 12.0 Å². The van der Waals surface area contributed by atoms with E-state index < -0.39 is 0 Å². The van der Waals surface area contributed by atoms with E-state index in [9.17, 15) is 0 Å². The smallest absolute Gasteiger partial charge is 0.174 e. The minimum Gasteiger partial charge on any atom is -0.351 e. The molecule has 1 aromatic carbocycles. The monoisotopic (exact) mass is 432 g/mol. The average molecular weight is 433 g/mol. The Morgan fingerprint density at radius 3 is 2.26 bits per heavy atom. The molecule has 31 heavy (non-hydrogen) atoms. The van der Waals surface area contributed by atoms with Crippen LogP contribution in [0.2, 0.25) is 0 Å². The van der Waals surface area contributed by atoms with Gasteiger partial charge in [-0.1, -0.05) is 32.0 Å². The molecule has 2 atom stereocenters. The Labute approximate surface area is 191 Å². The van der Waals surface area contributed by atoms with Crippen molar-refractivity contribution in [1.82, 2.24) is 14.9 Å². The summed E-state index contributed by atoms with van der Waals surface area (Å²) in [7, 11) is 0. The fraction of sp³-hybridized carbons (Fsp3) is 0.385. The molecule has 4 rings (SSSR count). The molecular formula is C26H32N4S. The summed E-state index contributed by atoms with van der Waals surface area (Å²) < 4.78 is 2.41. The molecule has 1 aliphatic heterocycles. The molecule has 0 aliphatic carbocycles. The number of hydrogen-bond acceptors (Lipinski definition) is 2. The molecule has 0 saturated carbocycles. The fourth-order valence-corrected chi connectivity index (χ4v) is 5.21. The van der Waals surface area contributed by atoms with Gasteiger partial charge < -0.3 is 14.8 Å². The van der Waals surface area contributed by atoms with Crippen molar-refractivity contribution in [2.24, 2.45) is 0 Å². The molecule has 1 saturated heterocycles. The van der Waals surface area contributed by atoms with Crippen LogP contribution in [0.25, 0.3) is 0 Å². The number of hydrogen-bond donors (Lipinski definition) is 1. The first-order valence-corrected chi connectivity index (χ1v) is 11.5. The molecule has 3 heterocycles. The summed E-state index contributed by atoms with van der Waals surface area (Å²) in [5.74, 6) is 0.500. The minimum absolute atomic E-state index is 0.0143. The lowest BCUT2D eigenvalue weighted by Crippen LogP contribution is -2.29. The molecule has 0 radical (unpaired) electrons. The van der Waals surface area contributed by atoms with Gasteiger partial charge in [0, 0.05) is 29.3 Å². The summed E-state index contributed by atoms with van der Waals surface area (Å²) in [5.41, 5.74) is 7.30. The number of anilines is 1. The van der Waals surface area contributed by atoms with Crippen LogP contribution in [0.5, 0.6) is 0 Å². The zero-order valence-corrected chi connectivity index (χ0v) is 20.1. The SMILES string of the molecule is Cc1cc([C@H]2[C@@H](c3ccccn3)NC(=S)N2c2ccc(C(C)C)cc2)c(C)n1C(C)C. The standard InChI is InChI=1S/C26H32N4S/c1-16(2)20-10-12-21(13-11-20)30-25(22-15-18(5)29(17(3)4)19(22)6)24(28-26(30)31)23-9-7-8-14-27-23/h7-17,24-25H,1-6H3,(H,28,31)/t24-,25+/m1/s1. The lowest BCUT2D eigenvalue weighted by molar-refractivity contribution is 0.547. The van der Waals surface area contributed by atoms with Gasteiger partial charge in [-0.2, -0.15) is 0 Å². The van der Waals surface area contributed by atoms with Crippen LogP contribution in [0.3, 0.4) is 0 Å². The van der Waals surface area contributed by atoms with Gasteiger partial charge in [-0.25, -0.2) is 0 Å². The Hall–Kier alpha value is -2.66. The number of thiocarbonyl (C=S) groups is 1. The highest BCUT2D eigenvalue weighted by molar-refractivity contribution is 7.80. The van der Waals surface area contributed by atoms with Crippen LogP contribution < -0.4 is 10.2 Å². The van der Waals surface area contributed by atoms with Crippen molar-refractivity contribution < 1.29 is 0 Å². The van der Waals surface area contributed by atoms with E-state index in [1.807, 2.05) is 18.3 Å². The zero-order chi connectivity index (χ0) is 22.3. The van der Waals surface area contributed by atoms with Gasteiger partial charge in [0.15, 0.2) is 5.11 Å². The molecule has 3 aromatic rings. The third-order valence-corrected chi connectivity index (χ3v) is 6.61. The molecule has 1 aliphatic rings. The second kappa shape index (κ2) is 8.46. The predicted octanol–water partition coefficient (Wildman–Crippen LogP) is 6.38. The van der Waals surface area contributed by atoms with E-state index >= 15 is 0 Å². The van der Waals surface area contributed by atoms with Crippen molar-refractivity contribution >= 4 is 23.0 Å². The van der Waals surface area contributed by atoms with Gasteiger partial charge in [-0.05, 0) is 87.3 Å². The first-order chi connectivity index (χ1) is 14.8. The van der Waals surface area contributed by atoms with Crippen molar-refractivity contribution in [1.29, 1.82) is 0 Å². The van der Waals surface area contributed by atoms with Crippen LogP contribution in [0.1, 0.15) is 79.9 Å². The summed E-state index contributed by atoms with van der Waals surface area (Å²) >= 11 is 5.88. The van der Waals surface area contributed by atoms with Crippen molar-refractivity contribution in [2.75, 3.05) is 4.90 Å². The van der Waals surface area contributed by atoms with E-state index in [-0.39, 0.29) is 12.1 Å². The van der Waals surface area contributed by atoms with Crippen LogP contribution in [0, 0.1) is 13.8 Å². The van der Waals surface area contributed by atoms with E-state index in [1.165, 1.54) is 22.5 Å². The highest BCUT2D eigenvalue weighted by atomic mass is 32.1. The van der Waals surface area contributed by atoms with Crippen molar-refractivity contribution in [3.05, 3.63) is 82.9 Å². The second-order valence-electron chi connectivity index (χ2n) is 9.03. The summed E-state index contributed by atoms with van der Waals surface area (Å²) in [6.45, 7) is 13.3. The highest BCUT2D eigenvalue weighted by Gasteiger charge is 2.42. The molecule has 5 heteroatoms. The topological polar surface area (TPSA) is 33.1 Å². The van der Waals surface area contributed by atoms with Crippen LogP contribution in [-0.2, 0) is 0 Å². The van der Waals surface area contributed by atoms with Crippen molar-refractivity contribution in [2.45, 2.75) is 65.6 Å². The maximum Gasteiger partial charge on any atom is 0.174 e. The van der Waals surface area contributed by atoms with Gasteiger partial charge in [-0.15, -0.1) is 0 Å². The number of aryl methyl sites for hydroxylation is 1. The molecule has 0 bridgehead atoms. The Morgan fingerprint density at radius 2 is 1.71 bits per heavy atom. The average Bonchev–Trinajstić information content (AvgIpc) is 3.24. The lowest BCUT2D eigenvalue weighted by Gasteiger charge is -2.28. The van der Waals surface area contributed by atoms with E-state index in [1.54, 1.807) is 0 Å². The maximum absolute atomic E-state index is 5.88. The largest absolute Gasteiger partial charge is 0.351 e. The summed E-state index contributed by atoms with van der Waals surface area (Å²) in [5, 5.41) is 4.32. The Bertz CT molecular complexity index is 1070. The molecule has 1 N–H and O–H groups in total. The van der Waals surface area contributed by atoms with Gasteiger partial charge >= 0.3 is 0 Å². The fourth-order valence-electron chi connectivity index (χ4n) is 4.87. The molecule has 0 amide bonds. The van der Waals surface area contributed by atoms with Crippen LogP contribution in [-0.4, -0.2) is 14.7 Å². The summed E-state index contributed by atoms with van der Waals surface area (Å²) in [6, 6.07) is 17.6. The minimum atomic E-state index is -0.0143. The van der Waals surface area contributed by atoms with Crippen LogP contribution >= 0.6 is 12.2 Å². The number of rotatable bonds is 5. The van der Waals surface area contributed by atoms with Crippen LogP contribution in [0.15, 0.2) is 54.7 Å². The molecule has 1 fully saturated rings. The zero-order valence-electron chi connectivity index (χ0n) is 19.3. The van der Waals surface area contributed by atoms with Gasteiger partial charge in [0.05, 0.1) is 17.8 Å². The molecular weight excluding hydrogens is 400 g/mol. The van der Waals surface area contributed by atoms with Crippen LogP contribution in [0.4, 0.5) is 5.69 Å². The molecule has 4 nitrogen and oxygen atoms in total. The summed E-state index contributed by atoms with van der Waals surface area (Å²) in [6.07, 6.45) is 1.86. The Balaban J connectivity index is 1.86. The van der Waals surface area contributed by atoms with Gasteiger partial charge in [0.1, 0.15) is 0 Å². The maximum atomic E-state index is 5.88. The van der Waals surface area contributed by atoms with Crippen molar-refractivity contribution in [3.8, 4) is 0 Å².